The minimum Gasteiger partial charge on any atom is -0.476 e. The Hall–Kier alpha value is -1.56. The maximum Gasteiger partial charge on any atom is 0.242 e. The number of hydrogen-bond donors (Lipinski definition) is 2. The first-order valence-electron chi connectivity index (χ1n) is 7.10. The van der Waals surface area contributed by atoms with Gasteiger partial charge in [0.2, 0.25) is 5.88 Å². The predicted octanol–water partition coefficient (Wildman–Crippen LogP) is 2.10. The highest BCUT2D eigenvalue weighted by Gasteiger charge is 2.13. The zero-order valence-electron chi connectivity index (χ0n) is 12.9. The van der Waals surface area contributed by atoms with E-state index in [2.05, 4.69) is 29.1 Å². The second kappa shape index (κ2) is 8.58. The van der Waals surface area contributed by atoms with Crippen LogP contribution in [0.3, 0.4) is 0 Å². The van der Waals surface area contributed by atoms with E-state index in [1.54, 1.807) is 7.11 Å². The van der Waals surface area contributed by atoms with Crippen LogP contribution in [0, 0.1) is 5.92 Å². The number of nitrogens with zero attached hydrogens (tertiary/aromatic N) is 2. The van der Waals surface area contributed by atoms with Crippen molar-refractivity contribution in [1.29, 1.82) is 0 Å². The number of anilines is 2. The number of nitrogens with two attached hydrogens (primary N) is 1. The Labute approximate surface area is 121 Å². The molecule has 0 atom stereocenters. The Morgan fingerprint density at radius 2 is 2.00 bits per heavy atom. The maximum atomic E-state index is 6.05. The average molecular weight is 282 g/mol. The van der Waals surface area contributed by atoms with Gasteiger partial charge in [-0.05, 0) is 12.3 Å². The van der Waals surface area contributed by atoms with E-state index < -0.39 is 0 Å². The molecule has 0 spiro atoms. The normalized spacial score (nSPS) is 10.8. The van der Waals surface area contributed by atoms with Crippen LogP contribution in [0.5, 0.6) is 5.88 Å². The van der Waals surface area contributed by atoms with Crippen LogP contribution in [0.25, 0.3) is 0 Å². The lowest BCUT2D eigenvalue weighted by Crippen LogP contribution is -2.15. The summed E-state index contributed by atoms with van der Waals surface area (Å²) in [6.45, 7) is 8.14. The summed E-state index contributed by atoms with van der Waals surface area (Å²) in [6, 6.07) is 0. The van der Waals surface area contributed by atoms with Crippen molar-refractivity contribution in [2.24, 2.45) is 5.92 Å². The van der Waals surface area contributed by atoms with Gasteiger partial charge in [0, 0.05) is 20.1 Å². The molecule has 0 aliphatic heterocycles. The van der Waals surface area contributed by atoms with Crippen molar-refractivity contribution in [3.05, 3.63) is 5.82 Å². The van der Waals surface area contributed by atoms with Crippen LogP contribution in [0.15, 0.2) is 0 Å². The smallest absolute Gasteiger partial charge is 0.242 e. The highest BCUT2D eigenvalue weighted by molar-refractivity contribution is 5.66. The molecule has 1 aromatic rings. The van der Waals surface area contributed by atoms with Gasteiger partial charge in [0.1, 0.15) is 11.5 Å². The Kier molecular flexibility index (Phi) is 7.08. The maximum absolute atomic E-state index is 6.05. The summed E-state index contributed by atoms with van der Waals surface area (Å²) >= 11 is 0. The fourth-order valence-electron chi connectivity index (χ4n) is 1.66. The van der Waals surface area contributed by atoms with Gasteiger partial charge in [-0.1, -0.05) is 20.8 Å². The number of nitrogens with one attached hydrogen (secondary N) is 1. The molecule has 0 radical (unpaired) electrons. The Balaban J connectivity index is 2.93. The molecule has 3 N–H and O–H groups in total. The van der Waals surface area contributed by atoms with Crippen LogP contribution in [-0.4, -0.2) is 36.8 Å². The molecule has 0 amide bonds. The van der Waals surface area contributed by atoms with Gasteiger partial charge >= 0.3 is 0 Å². The van der Waals surface area contributed by atoms with Gasteiger partial charge in [-0.3, -0.25) is 0 Å². The Morgan fingerprint density at radius 3 is 2.60 bits per heavy atom. The van der Waals surface area contributed by atoms with Crippen molar-refractivity contribution < 1.29 is 9.47 Å². The van der Waals surface area contributed by atoms with E-state index in [0.717, 1.165) is 18.7 Å². The highest BCUT2D eigenvalue weighted by atomic mass is 16.5. The average Bonchev–Trinajstić information content (AvgIpc) is 2.40. The zero-order valence-corrected chi connectivity index (χ0v) is 12.9. The highest BCUT2D eigenvalue weighted by Crippen LogP contribution is 2.26. The Morgan fingerprint density at radius 1 is 1.25 bits per heavy atom. The lowest BCUT2D eigenvalue weighted by atomic mass is 10.1. The molecule has 0 aliphatic carbocycles. The summed E-state index contributed by atoms with van der Waals surface area (Å²) in [7, 11) is 1.66. The van der Waals surface area contributed by atoms with E-state index in [0.29, 0.717) is 43.1 Å². The van der Waals surface area contributed by atoms with E-state index in [1.165, 1.54) is 0 Å². The first-order chi connectivity index (χ1) is 9.58. The number of aromatic nitrogens is 2. The van der Waals surface area contributed by atoms with Crippen LogP contribution in [0.4, 0.5) is 11.5 Å². The number of ether oxygens (including phenoxy) is 2. The van der Waals surface area contributed by atoms with Crippen molar-refractivity contribution >= 4 is 11.5 Å². The van der Waals surface area contributed by atoms with E-state index in [9.17, 15) is 0 Å². The quantitative estimate of drug-likeness (QED) is 0.675. The molecule has 0 unspecified atom stereocenters. The summed E-state index contributed by atoms with van der Waals surface area (Å²) in [4.78, 5) is 8.88. The number of methoxy groups -OCH3 is 1. The summed E-state index contributed by atoms with van der Waals surface area (Å²) in [5.41, 5.74) is 6.51. The molecule has 0 bridgehead atoms. The van der Waals surface area contributed by atoms with Crippen molar-refractivity contribution in [2.75, 3.05) is 37.9 Å². The number of rotatable bonds is 9. The summed E-state index contributed by atoms with van der Waals surface area (Å²) in [5, 5.41) is 3.16. The van der Waals surface area contributed by atoms with Gasteiger partial charge in [0.15, 0.2) is 5.82 Å². The Bertz CT molecular complexity index is 410. The fraction of sp³-hybridized carbons (Fsp3) is 0.714. The molecule has 0 saturated carbocycles. The van der Waals surface area contributed by atoms with E-state index in [-0.39, 0.29) is 0 Å². The van der Waals surface area contributed by atoms with Crippen LogP contribution in [-0.2, 0) is 11.2 Å². The standard InChI is InChI=1S/C14H26N4O2/c1-5-7-20-14-12(15)13(16-6-8-19-4)17-11(18-14)9-10(2)3/h10H,5-9,15H2,1-4H3,(H,16,17,18). The van der Waals surface area contributed by atoms with Gasteiger partial charge < -0.3 is 20.5 Å². The van der Waals surface area contributed by atoms with E-state index >= 15 is 0 Å². The van der Waals surface area contributed by atoms with Crippen LogP contribution < -0.4 is 15.8 Å². The van der Waals surface area contributed by atoms with Crippen LogP contribution >= 0.6 is 0 Å². The first-order valence-corrected chi connectivity index (χ1v) is 7.10. The third kappa shape index (κ3) is 5.21. The van der Waals surface area contributed by atoms with Gasteiger partial charge in [-0.25, -0.2) is 4.98 Å². The van der Waals surface area contributed by atoms with Gasteiger partial charge in [-0.15, -0.1) is 0 Å². The molecule has 0 aromatic carbocycles. The van der Waals surface area contributed by atoms with Crippen LogP contribution in [0.1, 0.15) is 33.0 Å². The molecule has 6 nitrogen and oxygen atoms in total. The van der Waals surface area contributed by atoms with Crippen LogP contribution in [0.2, 0.25) is 0 Å². The molecular weight excluding hydrogens is 256 g/mol. The second-order valence-electron chi connectivity index (χ2n) is 5.07. The molecule has 0 saturated heterocycles. The fourth-order valence-corrected chi connectivity index (χ4v) is 1.66. The minimum absolute atomic E-state index is 0.460. The molecule has 1 rings (SSSR count). The monoisotopic (exact) mass is 282 g/mol. The molecule has 20 heavy (non-hydrogen) atoms. The molecule has 1 aromatic heterocycles. The summed E-state index contributed by atoms with van der Waals surface area (Å²) in [6.07, 6.45) is 1.71. The lowest BCUT2D eigenvalue weighted by molar-refractivity contribution is 0.210. The minimum atomic E-state index is 0.460. The molecule has 1 heterocycles. The second-order valence-corrected chi connectivity index (χ2v) is 5.07. The zero-order chi connectivity index (χ0) is 15.0. The van der Waals surface area contributed by atoms with Gasteiger partial charge in [0.05, 0.1) is 13.2 Å². The molecule has 0 fully saturated rings. The summed E-state index contributed by atoms with van der Waals surface area (Å²) in [5.74, 6) is 2.32. The van der Waals surface area contributed by atoms with E-state index in [1.807, 2.05) is 6.92 Å². The van der Waals surface area contributed by atoms with E-state index in [4.69, 9.17) is 15.2 Å². The third-order valence-electron chi connectivity index (χ3n) is 2.59. The number of hydrogen-bond acceptors (Lipinski definition) is 6. The van der Waals surface area contributed by atoms with Crippen molar-refractivity contribution in [3.8, 4) is 5.88 Å². The van der Waals surface area contributed by atoms with Crippen molar-refractivity contribution in [1.82, 2.24) is 9.97 Å². The largest absolute Gasteiger partial charge is 0.476 e. The summed E-state index contributed by atoms with van der Waals surface area (Å²) < 4.78 is 10.6. The first kappa shape index (κ1) is 16.5. The van der Waals surface area contributed by atoms with Crippen molar-refractivity contribution in [2.45, 2.75) is 33.6 Å². The third-order valence-corrected chi connectivity index (χ3v) is 2.59. The lowest BCUT2D eigenvalue weighted by Gasteiger charge is -2.14. The van der Waals surface area contributed by atoms with Crippen molar-refractivity contribution in [3.63, 3.8) is 0 Å². The molecule has 114 valence electrons. The molecular formula is C14H26N4O2. The molecule has 6 heteroatoms. The molecule has 0 aliphatic rings. The predicted molar refractivity (Wildman–Crippen MR) is 81.1 cm³/mol. The van der Waals surface area contributed by atoms with Gasteiger partial charge in [-0.2, -0.15) is 4.98 Å². The topological polar surface area (TPSA) is 82.3 Å². The van der Waals surface area contributed by atoms with Gasteiger partial charge in [0.25, 0.3) is 0 Å². The SMILES string of the molecule is CCCOc1nc(CC(C)C)nc(NCCOC)c1N. The number of nitrogen functional groups attached to an aromatic ring is 1.